The number of benzene rings is 1. The maximum atomic E-state index is 14.7. The molecule has 2 amide bonds. The molecule has 5 heterocycles. The molecule has 3 aliphatic rings. The van der Waals surface area contributed by atoms with E-state index in [1.54, 1.807) is 85.1 Å². The summed E-state index contributed by atoms with van der Waals surface area (Å²) in [5.41, 5.74) is -0.908. The van der Waals surface area contributed by atoms with Gasteiger partial charge in [0.2, 0.25) is 0 Å². The number of fused-ring (bicyclic) bond motifs is 2. The molecule has 3 saturated heterocycles. The maximum absolute atomic E-state index is 14.7. The van der Waals surface area contributed by atoms with Gasteiger partial charge in [-0.1, -0.05) is 76.3 Å². The first kappa shape index (κ1) is 52.6. The highest BCUT2D eigenvalue weighted by atomic mass is 16.7. The van der Waals surface area contributed by atoms with Gasteiger partial charge in [0, 0.05) is 54.3 Å². The number of likely N-dealkylation sites (N-methyl/N-ethyl adjacent to an activating group) is 1. The van der Waals surface area contributed by atoms with Gasteiger partial charge in [0.25, 0.3) is 0 Å². The topological polar surface area (TPSA) is 214 Å². The number of rotatable bonds is 12. The number of aromatic nitrogens is 2. The van der Waals surface area contributed by atoms with E-state index in [1.165, 1.54) is 6.20 Å². The highest BCUT2D eigenvalue weighted by molar-refractivity contribution is 5.85. The van der Waals surface area contributed by atoms with Crippen LogP contribution in [-0.2, 0) is 49.2 Å². The van der Waals surface area contributed by atoms with Gasteiger partial charge in [0.05, 0.1) is 30.0 Å². The average molecular weight is 956 g/mol. The fraction of sp³-hybridized carbons (Fsp3) is 0.558. The Hall–Kier alpha value is -5.75. The van der Waals surface area contributed by atoms with Crippen LogP contribution in [0.1, 0.15) is 85.8 Å². The lowest BCUT2D eigenvalue weighted by Crippen LogP contribution is -2.61. The van der Waals surface area contributed by atoms with Crippen LogP contribution >= 0.6 is 0 Å². The lowest BCUT2D eigenvalue weighted by molar-refractivity contribution is -0.298. The first-order valence-corrected chi connectivity index (χ1v) is 23.9. The van der Waals surface area contributed by atoms with Crippen LogP contribution in [0.25, 0.3) is 17.0 Å². The molecule has 2 aromatic heterocycles. The third-order valence-corrected chi connectivity index (χ3v) is 13.8. The molecule has 0 unspecified atom stereocenters. The first-order chi connectivity index (χ1) is 32.7. The third kappa shape index (κ3) is 12.5. The van der Waals surface area contributed by atoms with Crippen molar-refractivity contribution in [1.29, 1.82) is 0 Å². The van der Waals surface area contributed by atoms with Gasteiger partial charge in [-0.3, -0.25) is 24.4 Å². The predicted octanol–water partition coefficient (Wildman–Crippen LogP) is 6.36. The number of amides is 2. The lowest BCUT2D eigenvalue weighted by Gasteiger charge is -2.48. The van der Waals surface area contributed by atoms with Crippen LogP contribution in [0.3, 0.4) is 0 Å². The Morgan fingerprint density at radius 1 is 1.01 bits per heavy atom. The highest BCUT2D eigenvalue weighted by Crippen LogP contribution is 2.42. The molecular formula is C52H69N5O12. The summed E-state index contributed by atoms with van der Waals surface area (Å²) in [6, 6.07) is 11.9. The van der Waals surface area contributed by atoms with Crippen molar-refractivity contribution in [3.05, 3.63) is 90.4 Å². The number of alkyl carbamates (subject to hydrolysis) is 2. The number of aliphatic hydroxyl groups excluding tert-OH is 1. The Balaban J connectivity index is 1.39. The number of ether oxygens (including phenoxy) is 6. The van der Waals surface area contributed by atoms with Gasteiger partial charge in [-0.25, -0.2) is 9.59 Å². The van der Waals surface area contributed by atoms with Crippen molar-refractivity contribution < 1.29 is 57.5 Å². The fourth-order valence-electron chi connectivity index (χ4n) is 10.2. The van der Waals surface area contributed by atoms with E-state index in [0.29, 0.717) is 12.0 Å². The van der Waals surface area contributed by atoms with Gasteiger partial charge in [-0.2, -0.15) is 0 Å². The number of nitrogens with zero attached hydrogens (tertiary/aromatic N) is 3. The molecule has 17 nitrogen and oxygen atoms in total. The van der Waals surface area contributed by atoms with E-state index in [1.807, 2.05) is 68.4 Å². The van der Waals surface area contributed by atoms with Gasteiger partial charge in [-0.15, -0.1) is 0 Å². The number of ketones is 1. The summed E-state index contributed by atoms with van der Waals surface area (Å²) in [6.45, 7) is 13.5. The molecule has 0 bridgehead atoms. The number of carbonyl (C=O) groups is 5. The zero-order chi connectivity index (χ0) is 50.2. The number of hydrogen-bond donors (Lipinski definition) is 3. The minimum atomic E-state index is -1.77. The van der Waals surface area contributed by atoms with E-state index in [2.05, 4.69) is 20.6 Å². The molecule has 0 saturated carbocycles. The number of para-hydroxylation sites is 1. The van der Waals surface area contributed by atoms with Crippen molar-refractivity contribution in [2.75, 3.05) is 20.6 Å². The van der Waals surface area contributed by atoms with Crippen LogP contribution in [0.4, 0.5) is 9.59 Å². The van der Waals surface area contributed by atoms with Crippen LogP contribution in [0.15, 0.2) is 79.3 Å². The van der Waals surface area contributed by atoms with Crippen LogP contribution in [-0.4, -0.2) is 131 Å². The van der Waals surface area contributed by atoms with Crippen molar-refractivity contribution in [1.82, 2.24) is 25.5 Å². The van der Waals surface area contributed by atoms with Crippen molar-refractivity contribution in [3.63, 3.8) is 0 Å². The number of nitrogens with one attached hydrogen (secondary N) is 2. The Morgan fingerprint density at radius 2 is 1.77 bits per heavy atom. The SMILES string of the molecule is CC[C@H]1OC(=O)[C@H](C)[C@@H](OC(=O)Cc2cccnc2)[C@H](C)[C@@H](O[C@@H]2O[C@H](C)C[C@H](N(C)C)[C@H]2O)[C@](C)(OC(=O)NC/C=C/C=C/c2cnc3ccccc3c2)C[C@@H](C)C(=O)[C@H](C)[C@H]2NC(=O)O[C@@]21C. The number of cyclic esters (lactones) is 1. The lowest BCUT2D eigenvalue weighted by atomic mass is 9.73. The second-order valence-electron chi connectivity index (χ2n) is 19.4. The Bertz CT molecular complexity index is 2350. The molecule has 6 rings (SSSR count). The monoisotopic (exact) mass is 955 g/mol. The summed E-state index contributed by atoms with van der Waals surface area (Å²) < 4.78 is 38.0. The molecule has 3 aromatic rings. The molecule has 0 aliphatic carbocycles. The van der Waals surface area contributed by atoms with E-state index in [9.17, 15) is 29.1 Å². The highest BCUT2D eigenvalue weighted by Gasteiger charge is 2.58. The van der Waals surface area contributed by atoms with Gasteiger partial charge >= 0.3 is 24.1 Å². The molecule has 3 aliphatic heterocycles. The normalized spacial score (nSPS) is 33.6. The summed E-state index contributed by atoms with van der Waals surface area (Å²) in [4.78, 5) is 80.9. The second-order valence-corrected chi connectivity index (χ2v) is 19.4. The summed E-state index contributed by atoms with van der Waals surface area (Å²) >= 11 is 0. The van der Waals surface area contributed by atoms with Gasteiger partial charge in [-0.05, 0) is 90.4 Å². The molecule has 0 spiro atoms. The standard InChI is InChI=1S/C52H69N5O12/c1-11-40-52(8)45(56-50(63)69-52)32(4)42(59)30(2)27-51(7,68-49(62)54-23-16-12-13-18-35-25-37-20-14-15-21-38(37)55-29-35)46(67-48-43(60)39(57(9)10)24-31(3)64-48)33(5)44(34(6)47(61)65-40)66-41(58)26-36-19-17-22-53-28-36/h12-22,25,28-34,39-40,43-46,48,60H,11,23-24,26-27H2,1-10H3,(H,54,62)(H,56,63)/b16-12+,18-13+/t30-,31-,32+,33+,34-,39+,40-,43-,44+,45-,46-,48+,51-,52-/m1/s1. The van der Waals surface area contributed by atoms with Crippen molar-refractivity contribution in [2.24, 2.45) is 23.7 Å². The number of hydrogen-bond acceptors (Lipinski definition) is 15. The molecule has 3 N–H and O–H groups in total. The zero-order valence-corrected chi connectivity index (χ0v) is 41.3. The first-order valence-electron chi connectivity index (χ1n) is 23.9. The van der Waals surface area contributed by atoms with E-state index in [-0.39, 0.29) is 37.7 Å². The van der Waals surface area contributed by atoms with E-state index in [0.717, 1.165) is 16.5 Å². The third-order valence-electron chi connectivity index (χ3n) is 13.8. The Morgan fingerprint density at radius 3 is 2.48 bits per heavy atom. The number of Topliss-reactive ketones (excluding diaryl/α,β-unsaturated/α-hetero) is 1. The maximum Gasteiger partial charge on any atom is 0.408 e. The van der Waals surface area contributed by atoms with E-state index in [4.69, 9.17) is 28.4 Å². The van der Waals surface area contributed by atoms with E-state index < -0.39 is 102 Å². The van der Waals surface area contributed by atoms with E-state index >= 15 is 0 Å². The average Bonchev–Trinajstić information content (AvgIpc) is 3.63. The quantitative estimate of drug-likeness (QED) is 0.102. The van der Waals surface area contributed by atoms with Crippen LogP contribution in [0.2, 0.25) is 0 Å². The molecule has 1 aromatic carbocycles. The number of esters is 2. The van der Waals surface area contributed by atoms with Gasteiger partial charge in [0.15, 0.2) is 11.9 Å². The summed E-state index contributed by atoms with van der Waals surface area (Å²) in [6.07, 6.45) is 4.20. The molecule has 69 heavy (non-hydrogen) atoms. The van der Waals surface area contributed by atoms with Crippen LogP contribution < -0.4 is 10.6 Å². The molecule has 374 valence electrons. The summed E-state index contributed by atoms with van der Waals surface area (Å²) in [5, 5.41) is 18.4. The van der Waals surface area contributed by atoms with Crippen molar-refractivity contribution in [2.45, 2.75) is 141 Å². The molecule has 17 heteroatoms. The number of aliphatic hydroxyl groups is 1. The summed E-state index contributed by atoms with van der Waals surface area (Å²) in [7, 11) is 3.67. The predicted molar refractivity (Wildman–Crippen MR) is 256 cm³/mol. The second kappa shape index (κ2) is 22.8. The molecule has 3 fully saturated rings. The molecule has 14 atom stereocenters. The molecular weight excluding hydrogens is 887 g/mol. The molecule has 0 radical (unpaired) electrons. The zero-order valence-electron chi connectivity index (χ0n) is 41.3. The smallest absolute Gasteiger partial charge is 0.408 e. The number of carbonyl (C=O) groups excluding carboxylic acids is 5. The Labute approximate surface area is 404 Å². The Kier molecular flexibility index (Phi) is 17.4. The van der Waals surface area contributed by atoms with Crippen molar-refractivity contribution >= 4 is 46.9 Å². The summed E-state index contributed by atoms with van der Waals surface area (Å²) in [5.74, 6) is -5.76. The van der Waals surface area contributed by atoms with Crippen LogP contribution in [0, 0.1) is 23.7 Å². The van der Waals surface area contributed by atoms with Gasteiger partial charge < -0.3 is 49.1 Å². The minimum absolute atomic E-state index is 0.0459. The minimum Gasteiger partial charge on any atom is -0.461 e. The number of allylic oxidation sites excluding steroid dienone is 2. The van der Waals surface area contributed by atoms with Crippen LogP contribution in [0.5, 0.6) is 0 Å². The largest absolute Gasteiger partial charge is 0.461 e. The van der Waals surface area contributed by atoms with Crippen molar-refractivity contribution in [3.8, 4) is 0 Å². The van der Waals surface area contributed by atoms with Gasteiger partial charge in [0.1, 0.15) is 35.8 Å². The number of pyridine rings is 2. The fourth-order valence-corrected chi connectivity index (χ4v) is 10.2.